The second-order valence-corrected chi connectivity index (χ2v) is 11.5. The van der Waals surface area contributed by atoms with Gasteiger partial charge in [-0.2, -0.15) is 0 Å². The van der Waals surface area contributed by atoms with Gasteiger partial charge in [-0.3, -0.25) is 9.59 Å². The molecule has 1 N–H and O–H groups in total. The topological polar surface area (TPSA) is 54.9 Å². The summed E-state index contributed by atoms with van der Waals surface area (Å²) in [6.07, 6.45) is 13.5. The maximum Gasteiger partial charge on any atom is 0.197 e. The van der Waals surface area contributed by atoms with E-state index in [1.165, 1.54) is 49.7 Å². The van der Waals surface area contributed by atoms with Gasteiger partial charge in [0, 0.05) is 28.1 Å². The van der Waals surface area contributed by atoms with Crippen LogP contribution in [0.2, 0.25) is 0 Å². The molecule has 5 rings (SSSR count). The first-order chi connectivity index (χ1) is 19.6. The molecule has 2 aromatic heterocycles. The van der Waals surface area contributed by atoms with Crippen LogP contribution in [0.1, 0.15) is 96.1 Å². The first-order valence-electron chi connectivity index (χ1n) is 15.6. The van der Waals surface area contributed by atoms with Crippen LogP contribution in [0.4, 0.5) is 0 Å². The van der Waals surface area contributed by atoms with Crippen molar-refractivity contribution in [2.75, 3.05) is 0 Å². The number of nitrogens with zero attached hydrogens (tertiary/aromatic N) is 1. The number of rotatable bonds is 13. The largest absolute Gasteiger partial charge is 0.354 e. The lowest BCUT2D eigenvalue weighted by molar-refractivity contribution is 0.652. The Hall–Kier alpha value is -3.40. The molecule has 4 nitrogen and oxygen atoms in total. The zero-order chi connectivity index (χ0) is 28.1. The lowest BCUT2D eigenvalue weighted by Gasteiger charge is -2.19. The fourth-order valence-electron chi connectivity index (χ4n) is 6.30. The Morgan fingerprint density at radius 1 is 0.625 bits per heavy atom. The Bertz CT molecular complexity index is 1760. The van der Waals surface area contributed by atoms with E-state index in [-0.39, 0.29) is 10.9 Å². The summed E-state index contributed by atoms with van der Waals surface area (Å²) in [5.74, 6) is 0. The van der Waals surface area contributed by atoms with Gasteiger partial charge in [-0.1, -0.05) is 90.0 Å². The number of aromatic nitrogens is 2. The first kappa shape index (κ1) is 28.1. The zero-order valence-corrected chi connectivity index (χ0v) is 24.6. The molecule has 2 heterocycles. The predicted molar refractivity (Wildman–Crippen MR) is 172 cm³/mol. The Kier molecular flexibility index (Phi) is 9.04. The van der Waals surface area contributed by atoms with Crippen molar-refractivity contribution < 1.29 is 0 Å². The minimum absolute atomic E-state index is 0.0449. The third-order valence-corrected chi connectivity index (χ3v) is 8.54. The molecule has 0 saturated carbocycles. The summed E-state index contributed by atoms with van der Waals surface area (Å²) in [5, 5.41) is 2.87. The van der Waals surface area contributed by atoms with Crippen LogP contribution in [0.3, 0.4) is 0 Å². The summed E-state index contributed by atoms with van der Waals surface area (Å²) in [5.41, 5.74) is 6.11. The quantitative estimate of drug-likeness (QED) is 0.120. The van der Waals surface area contributed by atoms with E-state index >= 15 is 0 Å². The van der Waals surface area contributed by atoms with Crippen molar-refractivity contribution in [3.63, 3.8) is 0 Å². The number of aryl methyl sites for hydroxylation is 3. The fourth-order valence-corrected chi connectivity index (χ4v) is 6.30. The smallest absolute Gasteiger partial charge is 0.197 e. The van der Waals surface area contributed by atoms with Gasteiger partial charge in [-0.25, -0.2) is 0 Å². The summed E-state index contributed by atoms with van der Waals surface area (Å²) in [4.78, 5) is 31.5. The van der Waals surface area contributed by atoms with Crippen molar-refractivity contribution in [3.05, 3.63) is 80.1 Å². The van der Waals surface area contributed by atoms with Crippen molar-refractivity contribution in [2.45, 2.75) is 104 Å². The summed E-state index contributed by atoms with van der Waals surface area (Å²) < 4.78 is 2.33. The molecular formula is C36H44N2O2. The van der Waals surface area contributed by atoms with Crippen LogP contribution in [-0.2, 0) is 19.4 Å². The third kappa shape index (κ3) is 5.46. The second kappa shape index (κ2) is 12.8. The van der Waals surface area contributed by atoms with Gasteiger partial charge in [0.05, 0.1) is 22.1 Å². The molecule has 0 amide bonds. The fraction of sp³-hybridized carbons (Fsp3) is 0.444. The van der Waals surface area contributed by atoms with Crippen LogP contribution in [0, 0.1) is 0 Å². The lowest BCUT2D eigenvalue weighted by atomic mass is 9.98. The van der Waals surface area contributed by atoms with E-state index in [0.29, 0.717) is 10.8 Å². The van der Waals surface area contributed by atoms with Crippen molar-refractivity contribution in [2.24, 2.45) is 0 Å². The monoisotopic (exact) mass is 536 g/mol. The van der Waals surface area contributed by atoms with Gasteiger partial charge in [-0.15, -0.1) is 0 Å². The highest BCUT2D eigenvalue weighted by Gasteiger charge is 2.17. The highest BCUT2D eigenvalue weighted by atomic mass is 16.1. The summed E-state index contributed by atoms with van der Waals surface area (Å²) in [6.45, 7) is 7.48. The number of fused-ring (bicyclic) bond motifs is 4. The third-order valence-electron chi connectivity index (χ3n) is 8.54. The van der Waals surface area contributed by atoms with Crippen molar-refractivity contribution >= 4 is 43.6 Å². The molecule has 0 spiro atoms. The van der Waals surface area contributed by atoms with Crippen LogP contribution in [0.15, 0.2) is 58.1 Å². The standard InChI is InChI=1S/C36H44N2O2/c1-4-7-10-12-16-25-18-14-20-27-33(25)37-31-23-30-32(24-29(31)35(27)39)38(22-9-6-3)34-26(17-13-11-8-5-2)19-15-21-28(34)36(30)40/h14-15,18-21,23-24H,4-13,16-17,22H2,1-3H3,(H,37,39). The van der Waals surface area contributed by atoms with E-state index in [1.54, 1.807) is 0 Å². The average Bonchev–Trinajstić information content (AvgIpc) is 2.97. The number of benzene rings is 3. The molecule has 0 saturated heterocycles. The molecule has 4 heteroatoms. The molecule has 0 unspecified atom stereocenters. The van der Waals surface area contributed by atoms with Gasteiger partial charge in [-0.05, 0) is 67.5 Å². The number of aromatic amines is 1. The molecule has 0 aliphatic carbocycles. The Labute approximate surface area is 237 Å². The molecule has 3 aromatic carbocycles. The van der Waals surface area contributed by atoms with E-state index in [4.69, 9.17) is 0 Å². The molecule has 40 heavy (non-hydrogen) atoms. The molecule has 210 valence electrons. The van der Waals surface area contributed by atoms with E-state index < -0.39 is 0 Å². The number of para-hydroxylation sites is 2. The zero-order valence-electron chi connectivity index (χ0n) is 24.6. The summed E-state index contributed by atoms with van der Waals surface area (Å²) in [6, 6.07) is 16.2. The predicted octanol–water partition coefficient (Wildman–Crippen LogP) is 9.20. The minimum Gasteiger partial charge on any atom is -0.354 e. The number of hydrogen-bond donors (Lipinski definition) is 1. The molecule has 0 fully saturated rings. The van der Waals surface area contributed by atoms with E-state index in [9.17, 15) is 9.59 Å². The molecule has 0 aliphatic heterocycles. The first-order valence-corrected chi connectivity index (χ1v) is 15.6. The Morgan fingerprint density at radius 3 is 1.95 bits per heavy atom. The SMILES string of the molecule is CCCCCCc1cccc2c(=O)c3cc4c(cc3[nH]c12)c(=O)c1cccc(CCCCCC)c1n4CCCC. The van der Waals surface area contributed by atoms with Gasteiger partial charge < -0.3 is 9.55 Å². The van der Waals surface area contributed by atoms with Crippen molar-refractivity contribution in [1.82, 2.24) is 9.55 Å². The van der Waals surface area contributed by atoms with Gasteiger partial charge in [0.2, 0.25) is 0 Å². The van der Waals surface area contributed by atoms with E-state index in [0.717, 1.165) is 77.9 Å². The maximum atomic E-state index is 14.0. The normalized spacial score (nSPS) is 11.9. The van der Waals surface area contributed by atoms with Gasteiger partial charge >= 0.3 is 0 Å². The Morgan fingerprint density at radius 2 is 1.25 bits per heavy atom. The lowest BCUT2D eigenvalue weighted by Crippen LogP contribution is -2.15. The summed E-state index contributed by atoms with van der Waals surface area (Å²) in [7, 11) is 0. The number of nitrogens with one attached hydrogen (secondary N) is 1. The molecular weight excluding hydrogens is 492 g/mol. The van der Waals surface area contributed by atoms with Gasteiger partial charge in [0.25, 0.3) is 0 Å². The van der Waals surface area contributed by atoms with Gasteiger partial charge in [0.15, 0.2) is 10.9 Å². The highest BCUT2D eigenvalue weighted by Crippen LogP contribution is 2.28. The maximum absolute atomic E-state index is 14.0. The van der Waals surface area contributed by atoms with Crippen LogP contribution >= 0.6 is 0 Å². The molecule has 0 aliphatic rings. The van der Waals surface area contributed by atoms with Crippen LogP contribution < -0.4 is 10.9 Å². The minimum atomic E-state index is 0.0449. The number of unbranched alkanes of at least 4 members (excludes halogenated alkanes) is 7. The summed E-state index contributed by atoms with van der Waals surface area (Å²) >= 11 is 0. The molecule has 5 aromatic rings. The molecule has 0 radical (unpaired) electrons. The molecule has 0 atom stereocenters. The van der Waals surface area contributed by atoms with Crippen molar-refractivity contribution in [1.29, 1.82) is 0 Å². The Balaban J connectivity index is 1.74. The van der Waals surface area contributed by atoms with E-state index in [1.807, 2.05) is 36.4 Å². The highest BCUT2D eigenvalue weighted by molar-refractivity contribution is 6.04. The number of hydrogen-bond acceptors (Lipinski definition) is 2. The van der Waals surface area contributed by atoms with Crippen LogP contribution in [0.25, 0.3) is 43.6 Å². The second-order valence-electron chi connectivity index (χ2n) is 11.5. The average molecular weight is 537 g/mol. The van der Waals surface area contributed by atoms with Crippen molar-refractivity contribution in [3.8, 4) is 0 Å². The number of pyridine rings is 2. The van der Waals surface area contributed by atoms with Crippen LogP contribution in [0.5, 0.6) is 0 Å². The van der Waals surface area contributed by atoms with E-state index in [2.05, 4.69) is 42.5 Å². The molecule has 0 bridgehead atoms. The number of H-pyrrole nitrogens is 1. The van der Waals surface area contributed by atoms with Gasteiger partial charge in [0.1, 0.15) is 0 Å². The van der Waals surface area contributed by atoms with Crippen LogP contribution in [-0.4, -0.2) is 9.55 Å².